The summed E-state index contributed by atoms with van der Waals surface area (Å²) in [4.78, 5) is 20.6. The third-order valence-corrected chi connectivity index (χ3v) is 7.42. The van der Waals surface area contributed by atoms with Crippen LogP contribution in [0.4, 0.5) is 0 Å². The van der Waals surface area contributed by atoms with Gasteiger partial charge in [-0.3, -0.25) is 14.6 Å². The molecule has 0 radical (unpaired) electrons. The summed E-state index contributed by atoms with van der Waals surface area (Å²) < 4.78 is 0. The zero-order chi connectivity index (χ0) is 19.0. The van der Waals surface area contributed by atoms with Crippen LogP contribution in [-0.2, 0) is 11.2 Å². The van der Waals surface area contributed by atoms with E-state index in [0.29, 0.717) is 34.6 Å². The Labute approximate surface area is 172 Å². The summed E-state index contributed by atoms with van der Waals surface area (Å²) in [5.74, 6) is 0.225. The van der Waals surface area contributed by atoms with E-state index in [2.05, 4.69) is 21.7 Å². The minimum atomic E-state index is 0.225. The van der Waals surface area contributed by atoms with Gasteiger partial charge in [-0.15, -0.1) is 0 Å². The molecule has 1 saturated carbocycles. The molecule has 2 heterocycles. The fourth-order valence-corrected chi connectivity index (χ4v) is 5.62. The van der Waals surface area contributed by atoms with E-state index in [-0.39, 0.29) is 5.91 Å². The van der Waals surface area contributed by atoms with Crippen LogP contribution in [0.2, 0.25) is 10.0 Å². The van der Waals surface area contributed by atoms with Gasteiger partial charge in [0.25, 0.3) is 0 Å². The molecular weight excluding hydrogens is 381 g/mol. The number of hydrogen-bond acceptors (Lipinski definition) is 3. The van der Waals surface area contributed by atoms with Gasteiger partial charge in [0, 0.05) is 25.2 Å². The lowest BCUT2D eigenvalue weighted by atomic mass is 9.81. The standard InChI is InChI=1S/C21H29Cl2N3O/c1-24-11-12-26(20(27)14-15-7-8-16(22)17(23)13-15)21-18(24)5-4-6-19(21)25-9-2-3-10-25/h7-8,13,18-19,21H,2-6,9-12,14H2,1H3/t18-,19-,21-/m1/s1. The normalized spacial score (nSPS) is 29.7. The molecular formula is C21H29Cl2N3O. The predicted octanol–water partition coefficient (Wildman–Crippen LogP) is 3.70. The highest BCUT2D eigenvalue weighted by atomic mass is 35.5. The molecule has 4 rings (SSSR count). The quantitative estimate of drug-likeness (QED) is 0.761. The van der Waals surface area contributed by atoms with Gasteiger partial charge >= 0.3 is 0 Å². The van der Waals surface area contributed by atoms with Crippen LogP contribution < -0.4 is 0 Å². The van der Waals surface area contributed by atoms with Crippen molar-refractivity contribution in [2.75, 3.05) is 33.2 Å². The van der Waals surface area contributed by atoms with Crippen LogP contribution in [0.5, 0.6) is 0 Å². The van der Waals surface area contributed by atoms with Gasteiger partial charge in [0.2, 0.25) is 5.91 Å². The molecule has 1 aromatic rings. The highest BCUT2D eigenvalue weighted by Gasteiger charge is 2.46. The first kappa shape index (κ1) is 19.5. The number of piperazine rings is 1. The SMILES string of the molecule is CN1CCN(C(=O)Cc2ccc(Cl)c(Cl)c2)[C@@H]2[C@H]1CCC[C@H]2N1CCCC1. The second-order valence-corrected chi connectivity index (χ2v) is 9.11. The Morgan fingerprint density at radius 2 is 1.74 bits per heavy atom. The second-order valence-electron chi connectivity index (χ2n) is 8.29. The van der Waals surface area contributed by atoms with E-state index in [1.54, 1.807) is 6.07 Å². The first-order valence-electron chi connectivity index (χ1n) is 10.2. The average molecular weight is 410 g/mol. The summed E-state index contributed by atoms with van der Waals surface area (Å²) in [6.07, 6.45) is 6.66. The molecule has 6 heteroatoms. The van der Waals surface area contributed by atoms with Crippen molar-refractivity contribution in [3.05, 3.63) is 33.8 Å². The number of carbonyl (C=O) groups excluding carboxylic acids is 1. The summed E-state index contributed by atoms with van der Waals surface area (Å²) in [6.45, 7) is 4.15. The summed E-state index contributed by atoms with van der Waals surface area (Å²) in [6, 6.07) is 6.83. The van der Waals surface area contributed by atoms with Crippen molar-refractivity contribution in [2.45, 2.75) is 56.7 Å². The van der Waals surface area contributed by atoms with Crippen LogP contribution in [0, 0.1) is 0 Å². The first-order valence-corrected chi connectivity index (χ1v) is 11.0. The van der Waals surface area contributed by atoms with Crippen LogP contribution in [0.3, 0.4) is 0 Å². The van der Waals surface area contributed by atoms with Gasteiger partial charge in [0.15, 0.2) is 0 Å². The number of likely N-dealkylation sites (tertiary alicyclic amines) is 1. The molecule has 148 valence electrons. The van der Waals surface area contributed by atoms with Crippen molar-refractivity contribution < 1.29 is 4.79 Å². The molecule has 2 saturated heterocycles. The monoisotopic (exact) mass is 409 g/mol. The second kappa shape index (κ2) is 8.28. The number of rotatable bonds is 3. The van der Waals surface area contributed by atoms with Gasteiger partial charge in [0.05, 0.1) is 22.5 Å². The van der Waals surface area contributed by atoms with Crippen molar-refractivity contribution in [1.29, 1.82) is 0 Å². The van der Waals surface area contributed by atoms with Crippen LogP contribution in [0.1, 0.15) is 37.7 Å². The molecule has 1 amide bonds. The zero-order valence-corrected chi connectivity index (χ0v) is 17.6. The van der Waals surface area contributed by atoms with E-state index in [4.69, 9.17) is 23.2 Å². The highest BCUT2D eigenvalue weighted by molar-refractivity contribution is 6.42. The molecule has 4 nitrogen and oxygen atoms in total. The summed E-state index contributed by atoms with van der Waals surface area (Å²) in [5.41, 5.74) is 0.943. The van der Waals surface area contributed by atoms with E-state index >= 15 is 0 Å². The molecule has 1 aliphatic carbocycles. The van der Waals surface area contributed by atoms with Gasteiger partial charge < -0.3 is 4.90 Å². The molecule has 0 spiro atoms. The largest absolute Gasteiger partial charge is 0.335 e. The Bertz CT molecular complexity index is 692. The third-order valence-electron chi connectivity index (χ3n) is 6.68. The number of nitrogens with zero attached hydrogens (tertiary/aromatic N) is 3. The molecule has 0 N–H and O–H groups in total. The third kappa shape index (κ3) is 4.00. The number of halogens is 2. The summed E-state index contributed by atoms with van der Waals surface area (Å²) in [5, 5.41) is 1.06. The average Bonchev–Trinajstić information content (AvgIpc) is 3.19. The van der Waals surface area contributed by atoms with E-state index in [0.717, 1.165) is 18.7 Å². The lowest BCUT2D eigenvalue weighted by Crippen LogP contribution is -2.68. The molecule has 3 atom stereocenters. The maximum atomic E-state index is 13.3. The topological polar surface area (TPSA) is 26.8 Å². The molecule has 0 unspecified atom stereocenters. The van der Waals surface area contributed by atoms with Crippen LogP contribution in [-0.4, -0.2) is 72.0 Å². The Hall–Kier alpha value is -0.810. The Morgan fingerprint density at radius 1 is 1.00 bits per heavy atom. The van der Waals surface area contributed by atoms with Crippen LogP contribution in [0.15, 0.2) is 18.2 Å². The molecule has 3 fully saturated rings. The number of benzene rings is 1. The van der Waals surface area contributed by atoms with Gasteiger partial charge in [0.1, 0.15) is 0 Å². The molecule has 27 heavy (non-hydrogen) atoms. The zero-order valence-electron chi connectivity index (χ0n) is 16.0. The predicted molar refractivity (Wildman–Crippen MR) is 111 cm³/mol. The first-order chi connectivity index (χ1) is 13.0. The van der Waals surface area contributed by atoms with E-state index in [1.807, 2.05) is 12.1 Å². The van der Waals surface area contributed by atoms with Crippen molar-refractivity contribution in [3.8, 4) is 0 Å². The van der Waals surface area contributed by atoms with Crippen LogP contribution in [0.25, 0.3) is 0 Å². The van der Waals surface area contributed by atoms with Gasteiger partial charge in [-0.25, -0.2) is 0 Å². The van der Waals surface area contributed by atoms with Crippen molar-refractivity contribution in [3.63, 3.8) is 0 Å². The smallest absolute Gasteiger partial charge is 0.227 e. The van der Waals surface area contributed by atoms with E-state index < -0.39 is 0 Å². The Morgan fingerprint density at radius 3 is 2.48 bits per heavy atom. The Balaban J connectivity index is 1.55. The minimum Gasteiger partial charge on any atom is -0.335 e. The van der Waals surface area contributed by atoms with Crippen molar-refractivity contribution in [2.24, 2.45) is 0 Å². The molecule has 0 bridgehead atoms. The van der Waals surface area contributed by atoms with Gasteiger partial charge in [-0.1, -0.05) is 35.7 Å². The van der Waals surface area contributed by atoms with Gasteiger partial charge in [-0.05, 0) is 63.5 Å². The summed E-state index contributed by atoms with van der Waals surface area (Å²) in [7, 11) is 2.23. The van der Waals surface area contributed by atoms with Crippen molar-refractivity contribution >= 4 is 29.1 Å². The number of carbonyl (C=O) groups is 1. The van der Waals surface area contributed by atoms with Gasteiger partial charge in [-0.2, -0.15) is 0 Å². The number of likely N-dealkylation sites (N-methyl/N-ethyl adjacent to an activating group) is 1. The molecule has 0 aromatic heterocycles. The highest BCUT2D eigenvalue weighted by Crippen LogP contribution is 2.34. The molecule has 2 aliphatic heterocycles. The van der Waals surface area contributed by atoms with Crippen LogP contribution >= 0.6 is 23.2 Å². The molecule has 3 aliphatic rings. The number of fused-ring (bicyclic) bond motifs is 1. The fraction of sp³-hybridized carbons (Fsp3) is 0.667. The maximum absolute atomic E-state index is 13.3. The van der Waals surface area contributed by atoms with Crippen molar-refractivity contribution in [1.82, 2.24) is 14.7 Å². The number of hydrogen-bond donors (Lipinski definition) is 0. The summed E-state index contributed by atoms with van der Waals surface area (Å²) >= 11 is 12.2. The fourth-order valence-electron chi connectivity index (χ4n) is 5.30. The molecule has 1 aromatic carbocycles. The lowest BCUT2D eigenvalue weighted by molar-refractivity contribution is -0.142. The Kier molecular flexibility index (Phi) is 5.98. The maximum Gasteiger partial charge on any atom is 0.227 e. The minimum absolute atomic E-state index is 0.225. The lowest BCUT2D eigenvalue weighted by Gasteiger charge is -2.54. The number of amides is 1. The van der Waals surface area contributed by atoms with E-state index in [9.17, 15) is 4.79 Å². The van der Waals surface area contributed by atoms with E-state index in [1.165, 1.54) is 45.2 Å².